The monoisotopic (exact) mass is 522 g/mol. The highest BCUT2D eigenvalue weighted by Crippen LogP contribution is 2.35. The molecule has 3 aromatic rings. The van der Waals surface area contributed by atoms with Crippen LogP contribution in [0.25, 0.3) is 11.4 Å². The van der Waals surface area contributed by atoms with Gasteiger partial charge in [0.05, 0.1) is 30.3 Å². The molecule has 2 unspecified atom stereocenters. The molecule has 1 N–H and O–H groups in total. The lowest BCUT2D eigenvalue weighted by molar-refractivity contribution is 0.0602. The van der Waals surface area contributed by atoms with E-state index < -0.39 is 21.4 Å². The van der Waals surface area contributed by atoms with E-state index in [1.165, 1.54) is 26.4 Å². The number of methoxy groups -OCH3 is 2. The van der Waals surface area contributed by atoms with Crippen LogP contribution in [0.4, 0.5) is 5.95 Å². The van der Waals surface area contributed by atoms with Gasteiger partial charge in [-0.25, -0.2) is 18.4 Å². The van der Waals surface area contributed by atoms with Crippen LogP contribution in [0, 0.1) is 0 Å². The third-order valence-corrected chi connectivity index (χ3v) is 7.73. The zero-order valence-electron chi connectivity index (χ0n) is 19.6. The molecular weight excluding hydrogens is 496 g/mol. The summed E-state index contributed by atoms with van der Waals surface area (Å²) in [6, 6.07) is 7.21. The fourth-order valence-corrected chi connectivity index (χ4v) is 5.24. The second-order valence-corrected chi connectivity index (χ2v) is 10.5. The van der Waals surface area contributed by atoms with E-state index in [9.17, 15) is 8.42 Å². The van der Waals surface area contributed by atoms with Gasteiger partial charge in [0.2, 0.25) is 16.0 Å². The number of hydrogen-bond donors (Lipinski definition) is 1. The van der Waals surface area contributed by atoms with Crippen LogP contribution in [-0.2, 0) is 19.5 Å². The van der Waals surface area contributed by atoms with Gasteiger partial charge in [-0.15, -0.1) is 10.2 Å². The molecule has 1 aliphatic heterocycles. The Kier molecular flexibility index (Phi) is 7.85. The number of nitrogens with zero attached hydrogens (tertiary/aromatic N) is 5. The predicted octanol–water partition coefficient (Wildman–Crippen LogP) is 3.27. The number of ether oxygens (including phenoxy) is 3. The number of nitrogens with one attached hydrogen (secondary N) is 1. The fourth-order valence-electron chi connectivity index (χ4n) is 4.01. The minimum atomic E-state index is -4.01. The Morgan fingerprint density at radius 1 is 1.20 bits per heavy atom. The lowest BCUT2D eigenvalue weighted by atomic mass is 10.1. The van der Waals surface area contributed by atoms with Crippen molar-refractivity contribution in [1.29, 1.82) is 0 Å². The minimum Gasteiger partial charge on any atom is -0.496 e. The Labute approximate surface area is 208 Å². The lowest BCUT2D eigenvalue weighted by Gasteiger charge is -2.27. The van der Waals surface area contributed by atoms with Crippen molar-refractivity contribution in [2.45, 2.75) is 37.2 Å². The van der Waals surface area contributed by atoms with Crippen molar-refractivity contribution in [2.75, 3.05) is 32.2 Å². The van der Waals surface area contributed by atoms with Crippen molar-refractivity contribution in [2.24, 2.45) is 0 Å². The Balaban J connectivity index is 1.71. The van der Waals surface area contributed by atoms with Gasteiger partial charge in [0.1, 0.15) is 17.1 Å². The maximum atomic E-state index is 13.4. The number of anilines is 1. The zero-order valence-corrected chi connectivity index (χ0v) is 21.2. The van der Waals surface area contributed by atoms with Crippen molar-refractivity contribution >= 4 is 27.6 Å². The molecule has 1 aromatic carbocycles. The number of aromatic nitrogens is 5. The highest BCUT2D eigenvalue weighted by atomic mass is 35.5. The highest BCUT2D eigenvalue weighted by Gasteiger charge is 2.35. The molecule has 35 heavy (non-hydrogen) atoms. The van der Waals surface area contributed by atoms with Crippen molar-refractivity contribution in [3.63, 3.8) is 0 Å². The van der Waals surface area contributed by atoms with Gasteiger partial charge in [-0.3, -0.25) is 9.29 Å². The molecule has 1 aliphatic rings. The SMILES string of the molecule is COc1ccccc1-c1nnc(NS(=O)(=O)C(C)C(OC)c2ncc(Cl)cn2)n1[C@@H]1CCCOC1. The number of benzene rings is 1. The molecule has 0 aliphatic carbocycles. The predicted molar refractivity (Wildman–Crippen MR) is 130 cm³/mol. The third kappa shape index (κ3) is 5.40. The molecule has 2 aromatic heterocycles. The molecule has 0 radical (unpaired) electrons. The molecular formula is C22H27ClN6O5S. The van der Waals surface area contributed by atoms with E-state index in [1.54, 1.807) is 11.7 Å². The Morgan fingerprint density at radius 2 is 1.94 bits per heavy atom. The van der Waals surface area contributed by atoms with Crippen molar-refractivity contribution in [1.82, 2.24) is 24.7 Å². The largest absolute Gasteiger partial charge is 0.496 e. The van der Waals surface area contributed by atoms with Gasteiger partial charge in [-0.1, -0.05) is 23.7 Å². The Morgan fingerprint density at radius 3 is 2.60 bits per heavy atom. The number of hydrogen-bond acceptors (Lipinski definition) is 9. The standard InChI is InChI=1S/C22H27ClN6O5S/c1-14(19(33-3)20-24-11-15(23)12-25-20)35(30,31)28-22-27-26-21(17-8-4-5-9-18(17)32-2)29(22)16-7-6-10-34-13-16/h4-5,8-9,11-12,14,16,19H,6-7,10,13H2,1-3H3,(H,27,28)/t14?,16-,19?/m1/s1. The van der Waals surface area contributed by atoms with E-state index in [0.717, 1.165) is 12.8 Å². The van der Waals surface area contributed by atoms with Crippen LogP contribution < -0.4 is 9.46 Å². The Hall–Kier alpha value is -2.80. The average molecular weight is 523 g/mol. The first kappa shape index (κ1) is 25.3. The number of halogens is 1. The molecule has 188 valence electrons. The molecule has 11 nitrogen and oxygen atoms in total. The molecule has 4 rings (SSSR count). The quantitative estimate of drug-likeness (QED) is 0.449. The molecule has 0 saturated carbocycles. The molecule has 0 amide bonds. The first-order valence-electron chi connectivity index (χ1n) is 11.0. The smallest absolute Gasteiger partial charge is 0.240 e. The summed E-state index contributed by atoms with van der Waals surface area (Å²) < 4.78 is 47.9. The minimum absolute atomic E-state index is 0.0835. The molecule has 3 heterocycles. The summed E-state index contributed by atoms with van der Waals surface area (Å²) in [4.78, 5) is 8.24. The summed E-state index contributed by atoms with van der Waals surface area (Å²) in [5.74, 6) is 1.36. The number of sulfonamides is 1. The second-order valence-electron chi connectivity index (χ2n) is 8.06. The van der Waals surface area contributed by atoms with Crippen LogP contribution >= 0.6 is 11.6 Å². The topological polar surface area (TPSA) is 130 Å². The summed E-state index contributed by atoms with van der Waals surface area (Å²) in [5.41, 5.74) is 0.691. The summed E-state index contributed by atoms with van der Waals surface area (Å²) in [6.07, 6.45) is 3.46. The zero-order chi connectivity index (χ0) is 25.0. The van der Waals surface area contributed by atoms with E-state index in [1.807, 2.05) is 24.3 Å². The van der Waals surface area contributed by atoms with E-state index in [4.69, 9.17) is 25.8 Å². The summed E-state index contributed by atoms with van der Waals surface area (Å²) in [7, 11) is -1.05. The molecule has 0 spiro atoms. The molecule has 13 heteroatoms. The first-order valence-corrected chi connectivity index (χ1v) is 13.0. The van der Waals surface area contributed by atoms with E-state index in [0.29, 0.717) is 35.4 Å². The highest BCUT2D eigenvalue weighted by molar-refractivity contribution is 7.93. The Bertz CT molecular complexity index is 1250. The summed E-state index contributed by atoms with van der Waals surface area (Å²) in [6.45, 7) is 2.57. The van der Waals surface area contributed by atoms with Crippen molar-refractivity contribution in [3.8, 4) is 17.1 Å². The maximum Gasteiger partial charge on any atom is 0.240 e. The summed E-state index contributed by atoms with van der Waals surface area (Å²) >= 11 is 5.87. The molecule has 3 atom stereocenters. The van der Waals surface area contributed by atoms with Gasteiger partial charge in [0.15, 0.2) is 11.6 Å². The van der Waals surface area contributed by atoms with Gasteiger partial charge < -0.3 is 14.2 Å². The third-order valence-electron chi connectivity index (χ3n) is 5.84. The first-order chi connectivity index (χ1) is 16.9. The van der Waals surface area contributed by atoms with Gasteiger partial charge in [-0.2, -0.15) is 0 Å². The van der Waals surface area contributed by atoms with Crippen LogP contribution in [0.5, 0.6) is 5.75 Å². The van der Waals surface area contributed by atoms with Crippen LogP contribution in [0.3, 0.4) is 0 Å². The maximum absolute atomic E-state index is 13.4. The van der Waals surface area contributed by atoms with E-state index >= 15 is 0 Å². The van der Waals surface area contributed by atoms with Gasteiger partial charge >= 0.3 is 0 Å². The second kappa shape index (κ2) is 10.9. The van der Waals surface area contributed by atoms with E-state index in [2.05, 4.69) is 24.9 Å². The van der Waals surface area contributed by atoms with Crippen LogP contribution in [0.2, 0.25) is 5.02 Å². The van der Waals surface area contributed by atoms with Gasteiger partial charge in [0, 0.05) is 26.1 Å². The van der Waals surface area contributed by atoms with Crippen molar-refractivity contribution in [3.05, 3.63) is 47.5 Å². The van der Waals surface area contributed by atoms with Crippen LogP contribution in [-0.4, -0.2) is 65.8 Å². The lowest BCUT2D eigenvalue weighted by Crippen LogP contribution is -2.34. The van der Waals surface area contributed by atoms with Crippen LogP contribution in [0.1, 0.15) is 37.7 Å². The van der Waals surface area contributed by atoms with Gasteiger partial charge in [-0.05, 0) is 31.9 Å². The van der Waals surface area contributed by atoms with Crippen LogP contribution in [0.15, 0.2) is 36.7 Å². The fraction of sp³-hybridized carbons (Fsp3) is 0.455. The summed E-state index contributed by atoms with van der Waals surface area (Å²) in [5, 5.41) is 7.81. The molecule has 1 fully saturated rings. The average Bonchev–Trinajstić information content (AvgIpc) is 3.28. The number of rotatable bonds is 9. The van der Waals surface area contributed by atoms with Crippen molar-refractivity contribution < 1.29 is 22.6 Å². The molecule has 0 bridgehead atoms. The van der Waals surface area contributed by atoms with E-state index in [-0.39, 0.29) is 17.8 Å². The molecule has 1 saturated heterocycles. The normalized spacial score (nSPS) is 18.1. The number of para-hydroxylation sites is 1. The van der Waals surface area contributed by atoms with Gasteiger partial charge in [0.25, 0.3) is 0 Å².